The van der Waals surface area contributed by atoms with Crippen molar-refractivity contribution in [2.75, 3.05) is 13.2 Å². The molecular weight excluding hydrogens is 815 g/mol. The first-order valence-electron chi connectivity index (χ1n) is 29.6. The molecule has 0 aromatic rings. The third-order valence-electron chi connectivity index (χ3n) is 13.7. The van der Waals surface area contributed by atoms with E-state index in [1.54, 1.807) is 6.08 Å². The van der Waals surface area contributed by atoms with Gasteiger partial charge in [-0.25, -0.2) is 0 Å². The van der Waals surface area contributed by atoms with E-state index in [0.717, 1.165) is 57.8 Å². The third kappa shape index (κ3) is 51.7. The Bertz CT molecular complexity index is 1030. The van der Waals surface area contributed by atoms with E-state index < -0.39 is 12.1 Å². The van der Waals surface area contributed by atoms with E-state index in [1.807, 2.05) is 6.08 Å². The summed E-state index contributed by atoms with van der Waals surface area (Å²) in [7, 11) is 0. The van der Waals surface area contributed by atoms with Crippen LogP contribution in [0.4, 0.5) is 0 Å². The molecule has 0 rings (SSSR count). The first-order chi connectivity index (χ1) is 32.5. The Balaban J connectivity index is 3.47. The van der Waals surface area contributed by atoms with Gasteiger partial charge in [-0.2, -0.15) is 0 Å². The monoisotopic (exact) mass is 930 g/mol. The van der Waals surface area contributed by atoms with Crippen LogP contribution < -0.4 is 5.32 Å². The highest BCUT2D eigenvalue weighted by Crippen LogP contribution is 2.17. The molecule has 0 heterocycles. The number of rotatable bonds is 55. The lowest BCUT2D eigenvalue weighted by molar-refractivity contribution is -0.143. The number of esters is 1. The molecule has 0 aliphatic heterocycles. The molecule has 3 N–H and O–H groups in total. The topological polar surface area (TPSA) is 95.9 Å². The normalized spacial score (nSPS) is 12.7. The Morgan fingerprint density at radius 2 is 0.712 bits per heavy atom. The maximum absolute atomic E-state index is 12.5. The standard InChI is InChI=1S/C60H115NO5/c1-3-5-7-9-11-13-15-17-19-24-28-32-36-40-44-48-52-58(63)57(56-62)61-59(64)53-49-45-41-37-33-29-25-22-21-23-27-31-35-39-43-47-51-55-66-60(65)54-50-46-42-38-34-30-26-20-18-16-14-12-10-8-6-4-2/h21,23,48,52,57-58,62-63H,3-20,22,24-47,49-51,53-56H2,1-2H3,(H,61,64)/b23-21-,52-48+. The van der Waals surface area contributed by atoms with Crippen molar-refractivity contribution in [1.29, 1.82) is 0 Å². The number of carbonyl (C=O) groups is 2. The minimum Gasteiger partial charge on any atom is -0.466 e. The highest BCUT2D eigenvalue weighted by molar-refractivity contribution is 5.76. The van der Waals surface area contributed by atoms with E-state index in [9.17, 15) is 19.8 Å². The highest BCUT2D eigenvalue weighted by atomic mass is 16.5. The second kappa shape index (κ2) is 55.9. The Kier molecular flexibility index (Phi) is 54.5. The van der Waals surface area contributed by atoms with Gasteiger partial charge in [-0.05, 0) is 57.8 Å². The molecule has 2 atom stereocenters. The molecule has 0 aromatic carbocycles. The molecule has 0 bridgehead atoms. The second-order valence-electron chi connectivity index (χ2n) is 20.3. The van der Waals surface area contributed by atoms with Crippen LogP contribution in [0.1, 0.15) is 322 Å². The molecule has 0 aliphatic carbocycles. The van der Waals surface area contributed by atoms with Crippen molar-refractivity contribution in [2.45, 2.75) is 334 Å². The summed E-state index contributed by atoms with van der Waals surface area (Å²) in [5, 5.41) is 23.1. The Hall–Kier alpha value is -1.66. The van der Waals surface area contributed by atoms with Crippen molar-refractivity contribution in [3.05, 3.63) is 24.3 Å². The molecule has 6 nitrogen and oxygen atoms in total. The molecule has 0 fully saturated rings. The molecule has 0 aromatic heterocycles. The number of unbranched alkanes of at least 4 members (excludes halogenated alkanes) is 42. The summed E-state index contributed by atoms with van der Waals surface area (Å²) in [6.45, 7) is 4.90. The largest absolute Gasteiger partial charge is 0.466 e. The maximum Gasteiger partial charge on any atom is 0.305 e. The number of allylic oxidation sites excluding steroid dienone is 3. The summed E-state index contributed by atoms with van der Waals surface area (Å²) >= 11 is 0. The SMILES string of the molecule is CCCCCCCCCCCCCCCC/C=C/C(O)C(CO)NC(=O)CCCCCCCCC/C=C\CCCCCCCCOC(=O)CCCCCCCCCCCCCCCCCC. The van der Waals surface area contributed by atoms with Crippen LogP contribution in [-0.4, -0.2) is 47.4 Å². The molecule has 66 heavy (non-hydrogen) atoms. The zero-order chi connectivity index (χ0) is 47.9. The minimum absolute atomic E-state index is 0.000935. The average molecular weight is 931 g/mol. The number of amides is 1. The van der Waals surface area contributed by atoms with Crippen LogP contribution in [0.3, 0.4) is 0 Å². The third-order valence-corrected chi connectivity index (χ3v) is 13.7. The van der Waals surface area contributed by atoms with Gasteiger partial charge in [-0.1, -0.05) is 276 Å². The molecule has 0 saturated heterocycles. The van der Waals surface area contributed by atoms with Gasteiger partial charge in [0, 0.05) is 12.8 Å². The Morgan fingerprint density at radius 3 is 1.08 bits per heavy atom. The van der Waals surface area contributed by atoms with Crippen LogP contribution in [0.2, 0.25) is 0 Å². The number of aliphatic hydroxyl groups excluding tert-OH is 2. The molecule has 390 valence electrons. The summed E-state index contributed by atoms with van der Waals surface area (Å²) < 4.78 is 5.48. The second-order valence-corrected chi connectivity index (χ2v) is 20.3. The smallest absolute Gasteiger partial charge is 0.305 e. The lowest BCUT2D eigenvalue weighted by Crippen LogP contribution is -2.45. The van der Waals surface area contributed by atoms with Crippen LogP contribution >= 0.6 is 0 Å². The number of carbonyl (C=O) groups excluding carboxylic acids is 2. The van der Waals surface area contributed by atoms with Crippen LogP contribution in [0.15, 0.2) is 24.3 Å². The molecule has 6 heteroatoms. The van der Waals surface area contributed by atoms with E-state index in [1.165, 1.54) is 238 Å². The van der Waals surface area contributed by atoms with E-state index in [4.69, 9.17) is 4.74 Å². The molecular formula is C60H115NO5. The number of hydrogen-bond donors (Lipinski definition) is 3. The van der Waals surface area contributed by atoms with Gasteiger partial charge in [0.25, 0.3) is 0 Å². The predicted molar refractivity (Wildman–Crippen MR) is 287 cm³/mol. The fraction of sp³-hybridized carbons (Fsp3) is 0.900. The van der Waals surface area contributed by atoms with Crippen molar-refractivity contribution in [1.82, 2.24) is 5.32 Å². The number of hydrogen-bond acceptors (Lipinski definition) is 5. The first-order valence-corrected chi connectivity index (χ1v) is 29.6. The first kappa shape index (κ1) is 64.3. The van der Waals surface area contributed by atoms with Crippen molar-refractivity contribution < 1.29 is 24.5 Å². The van der Waals surface area contributed by atoms with Gasteiger partial charge in [0.15, 0.2) is 0 Å². The predicted octanol–water partition coefficient (Wildman–Crippen LogP) is 18.2. The fourth-order valence-corrected chi connectivity index (χ4v) is 9.16. The van der Waals surface area contributed by atoms with E-state index in [-0.39, 0.29) is 18.5 Å². The molecule has 0 radical (unpaired) electrons. The zero-order valence-corrected chi connectivity index (χ0v) is 44.4. The zero-order valence-electron chi connectivity index (χ0n) is 44.4. The fourth-order valence-electron chi connectivity index (χ4n) is 9.16. The van der Waals surface area contributed by atoms with Gasteiger partial charge in [0.2, 0.25) is 5.91 Å². The van der Waals surface area contributed by atoms with Crippen molar-refractivity contribution in [3.8, 4) is 0 Å². The molecule has 2 unspecified atom stereocenters. The average Bonchev–Trinajstić information content (AvgIpc) is 3.32. The quantitative estimate of drug-likeness (QED) is 0.0321. The van der Waals surface area contributed by atoms with Gasteiger partial charge in [-0.3, -0.25) is 9.59 Å². The van der Waals surface area contributed by atoms with Gasteiger partial charge < -0.3 is 20.3 Å². The van der Waals surface area contributed by atoms with E-state index in [2.05, 4.69) is 31.3 Å². The number of ether oxygens (including phenoxy) is 1. The van der Waals surface area contributed by atoms with Crippen molar-refractivity contribution in [3.63, 3.8) is 0 Å². The van der Waals surface area contributed by atoms with Crippen LogP contribution in [-0.2, 0) is 14.3 Å². The van der Waals surface area contributed by atoms with Gasteiger partial charge in [-0.15, -0.1) is 0 Å². The summed E-state index contributed by atoms with van der Waals surface area (Å²) in [6, 6.07) is -0.636. The maximum atomic E-state index is 12.5. The Morgan fingerprint density at radius 1 is 0.409 bits per heavy atom. The minimum atomic E-state index is -0.852. The summed E-state index contributed by atoms with van der Waals surface area (Å²) in [4.78, 5) is 24.5. The highest BCUT2D eigenvalue weighted by Gasteiger charge is 2.18. The van der Waals surface area contributed by atoms with E-state index >= 15 is 0 Å². The van der Waals surface area contributed by atoms with Gasteiger partial charge in [0.1, 0.15) is 0 Å². The van der Waals surface area contributed by atoms with Gasteiger partial charge in [0.05, 0.1) is 25.4 Å². The summed E-state index contributed by atoms with van der Waals surface area (Å²) in [6.07, 6.45) is 67.7. The number of nitrogens with one attached hydrogen (secondary N) is 1. The lowest BCUT2D eigenvalue weighted by Gasteiger charge is -2.20. The van der Waals surface area contributed by atoms with E-state index in [0.29, 0.717) is 19.4 Å². The van der Waals surface area contributed by atoms with Crippen LogP contribution in [0, 0.1) is 0 Å². The lowest BCUT2D eigenvalue weighted by atomic mass is 10.0. The van der Waals surface area contributed by atoms with Gasteiger partial charge >= 0.3 is 5.97 Å². The number of aliphatic hydroxyl groups is 2. The summed E-state index contributed by atoms with van der Waals surface area (Å²) in [5.41, 5.74) is 0. The van der Waals surface area contributed by atoms with Crippen LogP contribution in [0.25, 0.3) is 0 Å². The van der Waals surface area contributed by atoms with Crippen molar-refractivity contribution >= 4 is 11.9 Å². The summed E-state index contributed by atoms with van der Waals surface area (Å²) in [5.74, 6) is -0.0774. The molecule has 1 amide bonds. The van der Waals surface area contributed by atoms with Crippen molar-refractivity contribution in [2.24, 2.45) is 0 Å². The molecule has 0 spiro atoms. The molecule has 0 aliphatic rings. The molecule has 0 saturated carbocycles. The van der Waals surface area contributed by atoms with Crippen LogP contribution in [0.5, 0.6) is 0 Å². The Labute approximate surface area is 411 Å².